The number of rotatable bonds is 7. The van der Waals surface area contributed by atoms with Crippen LogP contribution >= 0.6 is 11.6 Å². The molecule has 2 aromatic carbocycles. The van der Waals surface area contributed by atoms with Gasteiger partial charge in [0.25, 0.3) is 0 Å². The van der Waals surface area contributed by atoms with Gasteiger partial charge in [0, 0.05) is 40.5 Å². The Kier molecular flexibility index (Phi) is 6.61. The first-order chi connectivity index (χ1) is 17.4. The largest absolute Gasteiger partial charge is 0.453 e. The van der Waals surface area contributed by atoms with Crippen molar-refractivity contribution in [1.82, 2.24) is 15.0 Å². The minimum atomic E-state index is -0.552. The van der Waals surface area contributed by atoms with Gasteiger partial charge in [0.1, 0.15) is 5.82 Å². The van der Waals surface area contributed by atoms with Gasteiger partial charge < -0.3 is 15.5 Å². The molecule has 9 heteroatoms. The topological polar surface area (TPSA) is 106 Å². The number of carbonyl (C=O) groups excluding carboxylic acids is 1. The molecule has 1 saturated carbocycles. The number of imidazole rings is 1. The van der Waals surface area contributed by atoms with Crippen molar-refractivity contribution in [2.24, 2.45) is 5.92 Å². The zero-order valence-corrected chi connectivity index (χ0v) is 20.3. The van der Waals surface area contributed by atoms with E-state index in [2.05, 4.69) is 20.0 Å². The average Bonchev–Trinajstić information content (AvgIpc) is 3.59. The number of benzene rings is 2. The summed E-state index contributed by atoms with van der Waals surface area (Å²) < 4.78 is 19.3. The number of carbonyl (C=O) groups is 1. The van der Waals surface area contributed by atoms with E-state index >= 15 is 0 Å². The number of amides is 1. The summed E-state index contributed by atoms with van der Waals surface area (Å²) in [5.74, 6) is 0.878. The molecule has 0 spiro atoms. The number of halogens is 2. The third-order valence-electron chi connectivity index (χ3n) is 6.37. The van der Waals surface area contributed by atoms with Crippen LogP contribution in [0.4, 0.5) is 20.6 Å². The van der Waals surface area contributed by atoms with E-state index in [1.165, 1.54) is 26.0 Å². The van der Waals surface area contributed by atoms with Crippen molar-refractivity contribution in [2.45, 2.75) is 25.2 Å². The van der Waals surface area contributed by atoms with Crippen LogP contribution in [-0.2, 0) is 4.74 Å². The fraction of sp³-hybridized carbons (Fsp3) is 0.222. The van der Waals surface area contributed by atoms with Gasteiger partial charge in [0.05, 0.1) is 29.4 Å². The van der Waals surface area contributed by atoms with Gasteiger partial charge in [-0.15, -0.1) is 0 Å². The van der Waals surface area contributed by atoms with Gasteiger partial charge >= 0.3 is 6.09 Å². The fourth-order valence-corrected chi connectivity index (χ4v) is 4.39. The van der Waals surface area contributed by atoms with Crippen molar-refractivity contribution in [1.29, 1.82) is 0 Å². The van der Waals surface area contributed by atoms with Gasteiger partial charge in [-0.05, 0) is 42.7 Å². The van der Waals surface area contributed by atoms with Gasteiger partial charge in [0.2, 0.25) is 0 Å². The molecule has 1 unspecified atom stereocenters. The monoisotopic (exact) mass is 505 g/mol. The van der Waals surface area contributed by atoms with E-state index in [-0.39, 0.29) is 16.5 Å². The zero-order chi connectivity index (χ0) is 25.2. The average molecular weight is 506 g/mol. The Morgan fingerprint density at radius 2 is 1.94 bits per heavy atom. The summed E-state index contributed by atoms with van der Waals surface area (Å²) in [6.45, 7) is 0. The Bertz CT molecular complexity index is 1380. The highest BCUT2D eigenvalue weighted by atomic mass is 35.5. The fourth-order valence-electron chi connectivity index (χ4n) is 4.23. The standard InChI is InChI=1S/C27H25ClFN5O2/c1-36-27(35)33-18-7-4-16(5-8-18)23-14-32-26(34-23)19(12-15-2-3-15)22-11-6-17(13-31-22)24-21(30)10-9-20(28)25(24)29/h4-11,13-15,19H,2-3,12,30H2,1H3,(H,32,34)(H,33,35). The summed E-state index contributed by atoms with van der Waals surface area (Å²) in [6, 6.07) is 14.1. The molecular weight excluding hydrogens is 481 g/mol. The van der Waals surface area contributed by atoms with Crippen LogP contribution in [0.3, 0.4) is 0 Å². The van der Waals surface area contributed by atoms with Crippen molar-refractivity contribution in [3.8, 4) is 22.4 Å². The zero-order valence-electron chi connectivity index (χ0n) is 19.6. The maximum absolute atomic E-state index is 14.6. The van der Waals surface area contributed by atoms with Gasteiger partial charge in [-0.2, -0.15) is 0 Å². The summed E-state index contributed by atoms with van der Waals surface area (Å²) in [4.78, 5) is 24.3. The molecule has 4 N–H and O–H groups in total. The first kappa shape index (κ1) is 23.8. The summed E-state index contributed by atoms with van der Waals surface area (Å²) in [5.41, 5.74) is 10.3. The Morgan fingerprint density at radius 3 is 2.61 bits per heavy atom. The Balaban J connectivity index is 1.40. The van der Waals surface area contributed by atoms with Crippen LogP contribution in [-0.4, -0.2) is 28.2 Å². The number of aromatic amines is 1. The Labute approximate surface area is 212 Å². The number of nitrogens with one attached hydrogen (secondary N) is 2. The number of anilines is 2. The van der Waals surface area contributed by atoms with Gasteiger partial charge in [-0.1, -0.05) is 42.6 Å². The van der Waals surface area contributed by atoms with Gasteiger partial charge in [0.15, 0.2) is 5.82 Å². The first-order valence-corrected chi connectivity index (χ1v) is 12.0. The number of pyridine rings is 1. The molecule has 36 heavy (non-hydrogen) atoms. The third kappa shape index (κ3) is 5.04. The van der Waals surface area contributed by atoms with Crippen molar-refractivity contribution in [3.63, 3.8) is 0 Å². The molecule has 0 saturated heterocycles. The van der Waals surface area contributed by atoms with Crippen LogP contribution < -0.4 is 11.1 Å². The van der Waals surface area contributed by atoms with Crippen LogP contribution in [0.2, 0.25) is 5.02 Å². The number of nitrogen functional groups attached to an aromatic ring is 1. The van der Waals surface area contributed by atoms with Crippen molar-refractivity contribution in [2.75, 3.05) is 18.2 Å². The van der Waals surface area contributed by atoms with Crippen LogP contribution in [0.25, 0.3) is 22.4 Å². The summed E-state index contributed by atoms with van der Waals surface area (Å²) in [6.07, 6.45) is 6.30. The minimum Gasteiger partial charge on any atom is -0.453 e. The maximum Gasteiger partial charge on any atom is 0.411 e. The second-order valence-corrected chi connectivity index (χ2v) is 9.30. The second-order valence-electron chi connectivity index (χ2n) is 8.89. The van der Waals surface area contributed by atoms with Gasteiger partial charge in [-0.25, -0.2) is 14.2 Å². The predicted octanol–water partition coefficient (Wildman–Crippen LogP) is 6.62. The first-order valence-electron chi connectivity index (χ1n) is 11.6. The molecule has 1 atom stereocenters. The van der Waals surface area contributed by atoms with Crippen molar-refractivity contribution in [3.05, 3.63) is 83.3 Å². The lowest BCUT2D eigenvalue weighted by atomic mass is 9.95. The van der Waals surface area contributed by atoms with E-state index in [9.17, 15) is 9.18 Å². The quantitative estimate of drug-likeness (QED) is 0.245. The molecule has 1 aliphatic rings. The summed E-state index contributed by atoms with van der Waals surface area (Å²) >= 11 is 5.96. The van der Waals surface area contributed by atoms with Crippen molar-refractivity contribution < 1.29 is 13.9 Å². The summed E-state index contributed by atoms with van der Waals surface area (Å²) in [5, 5.41) is 2.65. The van der Waals surface area contributed by atoms with E-state index in [0.717, 1.165) is 29.2 Å². The van der Waals surface area contributed by atoms with E-state index in [1.54, 1.807) is 24.4 Å². The number of aromatic nitrogens is 3. The molecule has 5 rings (SSSR count). The molecule has 0 aliphatic heterocycles. The number of hydrogen-bond acceptors (Lipinski definition) is 5. The molecule has 7 nitrogen and oxygen atoms in total. The maximum atomic E-state index is 14.6. The number of ether oxygens (including phenoxy) is 1. The molecule has 184 valence electrons. The highest BCUT2D eigenvalue weighted by Gasteiger charge is 2.30. The summed E-state index contributed by atoms with van der Waals surface area (Å²) in [7, 11) is 1.32. The van der Waals surface area contributed by atoms with Crippen LogP contribution in [0.15, 0.2) is 60.9 Å². The molecule has 2 aromatic heterocycles. The van der Waals surface area contributed by atoms with Crippen molar-refractivity contribution >= 4 is 29.1 Å². The minimum absolute atomic E-state index is 0.0205. The van der Waals surface area contributed by atoms with Crippen LogP contribution in [0.1, 0.15) is 36.7 Å². The number of nitrogens with zero attached hydrogens (tertiary/aromatic N) is 2. The number of methoxy groups -OCH3 is 1. The van der Waals surface area contributed by atoms with E-state index < -0.39 is 11.9 Å². The smallest absolute Gasteiger partial charge is 0.411 e. The number of H-pyrrole nitrogens is 1. The molecule has 2 heterocycles. The normalized spacial score (nSPS) is 13.9. The number of hydrogen-bond donors (Lipinski definition) is 3. The lowest BCUT2D eigenvalue weighted by Gasteiger charge is -2.15. The van der Waals surface area contributed by atoms with Crippen LogP contribution in [0, 0.1) is 11.7 Å². The van der Waals surface area contributed by atoms with E-state index in [1.807, 2.05) is 30.5 Å². The number of nitrogens with two attached hydrogens (primary N) is 1. The molecule has 4 aromatic rings. The second kappa shape index (κ2) is 9.99. The highest BCUT2D eigenvalue weighted by molar-refractivity contribution is 6.31. The van der Waals surface area contributed by atoms with E-state index in [4.69, 9.17) is 22.3 Å². The molecular formula is C27H25ClFN5O2. The van der Waals surface area contributed by atoms with Gasteiger partial charge in [-0.3, -0.25) is 10.3 Å². The predicted molar refractivity (Wildman–Crippen MR) is 138 cm³/mol. The lowest BCUT2D eigenvalue weighted by molar-refractivity contribution is 0.187. The lowest BCUT2D eigenvalue weighted by Crippen LogP contribution is -2.10. The van der Waals surface area contributed by atoms with E-state index in [0.29, 0.717) is 22.9 Å². The SMILES string of the molecule is COC(=O)Nc1ccc(-c2c[nH]c(C(CC3CC3)c3ccc(-c4c(N)ccc(Cl)c4F)cn3)n2)cc1. The molecule has 0 bridgehead atoms. The Morgan fingerprint density at radius 1 is 1.19 bits per heavy atom. The molecule has 1 fully saturated rings. The molecule has 0 radical (unpaired) electrons. The van der Waals surface area contributed by atoms with Crippen LogP contribution in [0.5, 0.6) is 0 Å². The Hall–Kier alpha value is -3.91. The third-order valence-corrected chi connectivity index (χ3v) is 6.66. The molecule has 1 amide bonds. The molecule has 1 aliphatic carbocycles. The highest BCUT2D eigenvalue weighted by Crippen LogP contribution is 2.41.